The van der Waals surface area contributed by atoms with Crippen LogP contribution in [0.2, 0.25) is 0 Å². The van der Waals surface area contributed by atoms with Crippen molar-refractivity contribution in [2.45, 2.75) is 20.3 Å². The Bertz CT molecular complexity index is 546. The minimum Gasteiger partial charge on any atom is -0.378 e. The van der Waals surface area contributed by atoms with Crippen molar-refractivity contribution in [2.24, 2.45) is 5.92 Å². The summed E-state index contributed by atoms with van der Waals surface area (Å²) in [4.78, 5) is 28.4. The summed E-state index contributed by atoms with van der Waals surface area (Å²) in [7, 11) is 0. The molecule has 2 amide bonds. The number of para-hydroxylation sites is 1. The topological polar surface area (TPSA) is 61.9 Å². The number of rotatable bonds is 10. The molecular formula is C19H29N3O3. The van der Waals surface area contributed by atoms with E-state index in [-0.39, 0.29) is 24.2 Å². The van der Waals surface area contributed by atoms with Gasteiger partial charge >= 0.3 is 0 Å². The minimum absolute atomic E-state index is 0.00169. The smallest absolute Gasteiger partial charge is 0.227 e. The van der Waals surface area contributed by atoms with Gasteiger partial charge in [-0.1, -0.05) is 32.0 Å². The van der Waals surface area contributed by atoms with Crippen molar-refractivity contribution in [1.29, 1.82) is 0 Å². The number of ether oxygens (including phenoxy) is 1. The average Bonchev–Trinajstić information content (AvgIpc) is 3.03. The van der Waals surface area contributed by atoms with E-state index in [9.17, 15) is 9.59 Å². The minimum atomic E-state index is -0.289. The van der Waals surface area contributed by atoms with Gasteiger partial charge in [-0.15, -0.1) is 0 Å². The second kappa shape index (κ2) is 10.2. The number of likely N-dealkylation sites (N-methyl/N-ethyl adjacent to an activating group) is 1. The van der Waals surface area contributed by atoms with Crippen molar-refractivity contribution < 1.29 is 14.3 Å². The zero-order chi connectivity index (χ0) is 18.1. The van der Waals surface area contributed by atoms with Gasteiger partial charge in [0, 0.05) is 31.7 Å². The largest absolute Gasteiger partial charge is 0.378 e. The van der Waals surface area contributed by atoms with Gasteiger partial charge in [0.2, 0.25) is 11.8 Å². The van der Waals surface area contributed by atoms with E-state index in [0.29, 0.717) is 26.3 Å². The zero-order valence-electron chi connectivity index (χ0n) is 15.2. The molecule has 0 aromatic heterocycles. The van der Waals surface area contributed by atoms with Crippen molar-refractivity contribution in [3.05, 3.63) is 30.3 Å². The second-order valence-electron chi connectivity index (χ2n) is 6.17. The fourth-order valence-electron chi connectivity index (χ4n) is 2.97. The summed E-state index contributed by atoms with van der Waals surface area (Å²) in [5.74, 6) is -0.357. The van der Waals surface area contributed by atoms with Crippen LogP contribution in [-0.2, 0) is 14.3 Å². The highest BCUT2D eigenvalue weighted by atomic mass is 16.5. The van der Waals surface area contributed by atoms with E-state index in [1.165, 1.54) is 0 Å². The summed E-state index contributed by atoms with van der Waals surface area (Å²) in [6.07, 6.45) is 0.267. The van der Waals surface area contributed by atoms with Gasteiger partial charge in [0.15, 0.2) is 0 Å². The van der Waals surface area contributed by atoms with Crippen LogP contribution >= 0.6 is 0 Å². The first kappa shape index (κ1) is 19.4. The summed E-state index contributed by atoms with van der Waals surface area (Å²) in [6.45, 7) is 9.29. The van der Waals surface area contributed by atoms with E-state index in [1.54, 1.807) is 4.90 Å². The Balaban J connectivity index is 1.66. The molecule has 25 heavy (non-hydrogen) atoms. The van der Waals surface area contributed by atoms with Gasteiger partial charge in [-0.3, -0.25) is 9.59 Å². The highest BCUT2D eigenvalue weighted by Gasteiger charge is 2.34. The molecule has 1 saturated heterocycles. The number of nitrogens with zero attached hydrogens (tertiary/aromatic N) is 2. The second-order valence-corrected chi connectivity index (χ2v) is 6.17. The van der Waals surface area contributed by atoms with Crippen molar-refractivity contribution in [3.8, 4) is 0 Å². The molecule has 1 aliphatic heterocycles. The maximum atomic E-state index is 12.2. The molecule has 0 aliphatic carbocycles. The SMILES string of the molecule is CCN(CC)CCOCCNC(=O)C1CC(=O)N(c2ccccc2)C1. The Hall–Kier alpha value is -1.92. The van der Waals surface area contributed by atoms with E-state index in [4.69, 9.17) is 4.74 Å². The third-order valence-corrected chi connectivity index (χ3v) is 4.56. The van der Waals surface area contributed by atoms with E-state index in [1.807, 2.05) is 30.3 Å². The van der Waals surface area contributed by atoms with E-state index < -0.39 is 0 Å². The number of amides is 2. The first-order chi connectivity index (χ1) is 12.2. The number of nitrogens with one attached hydrogen (secondary N) is 1. The maximum Gasteiger partial charge on any atom is 0.227 e. The number of hydrogen-bond donors (Lipinski definition) is 1. The third-order valence-electron chi connectivity index (χ3n) is 4.56. The fraction of sp³-hybridized carbons (Fsp3) is 0.579. The molecule has 6 heteroatoms. The van der Waals surface area contributed by atoms with Crippen molar-refractivity contribution in [3.63, 3.8) is 0 Å². The van der Waals surface area contributed by atoms with Crippen LogP contribution in [-0.4, -0.2) is 62.7 Å². The van der Waals surface area contributed by atoms with Crippen LogP contribution in [0.1, 0.15) is 20.3 Å². The number of benzene rings is 1. The van der Waals surface area contributed by atoms with Gasteiger partial charge in [0.1, 0.15) is 0 Å². The molecule has 0 spiro atoms. The lowest BCUT2D eigenvalue weighted by Crippen LogP contribution is -2.35. The maximum absolute atomic E-state index is 12.2. The number of anilines is 1. The van der Waals surface area contributed by atoms with E-state index in [0.717, 1.165) is 25.3 Å². The molecule has 0 saturated carbocycles. The quantitative estimate of drug-likeness (QED) is 0.652. The Morgan fingerprint density at radius 1 is 1.24 bits per heavy atom. The Kier molecular flexibility index (Phi) is 7.88. The molecule has 138 valence electrons. The van der Waals surface area contributed by atoms with Gasteiger partial charge in [0.25, 0.3) is 0 Å². The van der Waals surface area contributed by atoms with Crippen molar-refractivity contribution >= 4 is 17.5 Å². The Labute approximate surface area is 150 Å². The molecule has 1 aromatic carbocycles. The lowest BCUT2D eigenvalue weighted by atomic mass is 10.1. The van der Waals surface area contributed by atoms with Crippen LogP contribution in [0.3, 0.4) is 0 Å². The first-order valence-electron chi connectivity index (χ1n) is 9.08. The number of carbonyl (C=O) groups is 2. The molecule has 1 unspecified atom stereocenters. The first-order valence-corrected chi connectivity index (χ1v) is 9.08. The average molecular weight is 347 g/mol. The van der Waals surface area contributed by atoms with Gasteiger partial charge in [-0.05, 0) is 25.2 Å². The summed E-state index contributed by atoms with van der Waals surface area (Å²) < 4.78 is 5.56. The van der Waals surface area contributed by atoms with Crippen molar-refractivity contribution in [2.75, 3.05) is 50.8 Å². The van der Waals surface area contributed by atoms with Gasteiger partial charge in [0.05, 0.1) is 19.1 Å². The van der Waals surface area contributed by atoms with E-state index in [2.05, 4.69) is 24.1 Å². The molecule has 1 heterocycles. The molecule has 1 aliphatic rings. The predicted octanol–water partition coefficient (Wildman–Crippen LogP) is 1.51. The van der Waals surface area contributed by atoms with Gasteiger partial charge in [-0.2, -0.15) is 0 Å². The molecule has 0 radical (unpaired) electrons. The van der Waals surface area contributed by atoms with E-state index >= 15 is 0 Å². The predicted molar refractivity (Wildman–Crippen MR) is 98.5 cm³/mol. The number of hydrogen-bond acceptors (Lipinski definition) is 4. The fourth-order valence-corrected chi connectivity index (χ4v) is 2.97. The standard InChI is InChI=1S/C19H29N3O3/c1-3-21(4-2)11-13-25-12-10-20-19(24)16-14-18(23)22(15-16)17-8-6-5-7-9-17/h5-9,16H,3-4,10-15H2,1-2H3,(H,20,24). The third kappa shape index (κ3) is 5.83. The lowest BCUT2D eigenvalue weighted by molar-refractivity contribution is -0.126. The lowest BCUT2D eigenvalue weighted by Gasteiger charge is -2.18. The summed E-state index contributed by atoms with van der Waals surface area (Å²) >= 11 is 0. The van der Waals surface area contributed by atoms with Gasteiger partial charge in [-0.25, -0.2) is 0 Å². The summed E-state index contributed by atoms with van der Waals surface area (Å²) in [5, 5.41) is 2.88. The van der Waals surface area contributed by atoms with Gasteiger partial charge < -0.3 is 19.9 Å². The molecule has 1 aromatic rings. The number of carbonyl (C=O) groups excluding carboxylic acids is 2. The summed E-state index contributed by atoms with van der Waals surface area (Å²) in [6, 6.07) is 9.48. The normalized spacial score (nSPS) is 17.3. The summed E-state index contributed by atoms with van der Waals surface area (Å²) in [5.41, 5.74) is 0.850. The molecular weight excluding hydrogens is 318 g/mol. The molecule has 1 atom stereocenters. The monoisotopic (exact) mass is 347 g/mol. The van der Waals surface area contributed by atoms with Crippen LogP contribution in [0.25, 0.3) is 0 Å². The highest BCUT2D eigenvalue weighted by Crippen LogP contribution is 2.24. The molecule has 6 nitrogen and oxygen atoms in total. The van der Waals surface area contributed by atoms with Crippen LogP contribution < -0.4 is 10.2 Å². The van der Waals surface area contributed by atoms with Crippen LogP contribution in [0, 0.1) is 5.92 Å². The Morgan fingerprint density at radius 2 is 1.96 bits per heavy atom. The zero-order valence-corrected chi connectivity index (χ0v) is 15.2. The molecule has 1 fully saturated rings. The van der Waals surface area contributed by atoms with Crippen LogP contribution in [0.4, 0.5) is 5.69 Å². The molecule has 2 rings (SSSR count). The molecule has 0 bridgehead atoms. The van der Waals surface area contributed by atoms with Crippen LogP contribution in [0.15, 0.2) is 30.3 Å². The Morgan fingerprint density at radius 3 is 2.64 bits per heavy atom. The molecule has 1 N–H and O–H groups in total. The van der Waals surface area contributed by atoms with Crippen molar-refractivity contribution in [1.82, 2.24) is 10.2 Å². The van der Waals surface area contributed by atoms with Crippen LogP contribution in [0.5, 0.6) is 0 Å². The highest BCUT2D eigenvalue weighted by molar-refractivity contribution is 6.00.